The second-order valence-corrected chi connectivity index (χ2v) is 7.25. The van der Waals surface area contributed by atoms with E-state index in [0.29, 0.717) is 10.9 Å². The third-order valence-corrected chi connectivity index (χ3v) is 5.31. The summed E-state index contributed by atoms with van der Waals surface area (Å²) in [5.41, 5.74) is 4.90. The van der Waals surface area contributed by atoms with Crippen molar-refractivity contribution in [2.75, 3.05) is 0 Å². The molecule has 0 unspecified atom stereocenters. The summed E-state index contributed by atoms with van der Waals surface area (Å²) in [6.07, 6.45) is -0.970. The molecule has 0 bridgehead atoms. The Hall–Kier alpha value is -3.22. The summed E-state index contributed by atoms with van der Waals surface area (Å²) < 4.78 is 41.4. The number of rotatable bonds is 2. The van der Waals surface area contributed by atoms with Gasteiger partial charge in [-0.05, 0) is 55.7 Å². The second kappa shape index (κ2) is 6.40. The van der Waals surface area contributed by atoms with Gasteiger partial charge in [-0.1, -0.05) is 12.1 Å². The third-order valence-electron chi connectivity index (χ3n) is 5.31. The Labute approximate surface area is 165 Å². The minimum atomic E-state index is -4.40. The molecule has 7 heteroatoms. The highest BCUT2D eigenvalue weighted by molar-refractivity contribution is 5.99. The van der Waals surface area contributed by atoms with Gasteiger partial charge in [-0.15, -0.1) is 0 Å². The topological polar surface area (TPSA) is 43.6 Å². The minimum Gasteiger partial charge on any atom is -0.268 e. The van der Waals surface area contributed by atoms with Crippen LogP contribution in [0.5, 0.6) is 0 Å². The fourth-order valence-electron chi connectivity index (χ4n) is 4.01. The summed E-state index contributed by atoms with van der Waals surface area (Å²) >= 11 is 0. The van der Waals surface area contributed by atoms with Crippen LogP contribution in [0.3, 0.4) is 0 Å². The zero-order valence-corrected chi connectivity index (χ0v) is 15.7. The highest BCUT2D eigenvalue weighted by atomic mass is 19.4. The SMILES string of the molecule is Cc1cccc(-c2nn3c(c2-c2ccnc4cc(C(F)(F)F)ccc24)CCC3)n1. The third kappa shape index (κ3) is 2.97. The maximum absolute atomic E-state index is 13.1. The van der Waals surface area contributed by atoms with E-state index >= 15 is 0 Å². The lowest BCUT2D eigenvalue weighted by atomic mass is 9.96. The first-order chi connectivity index (χ1) is 13.9. The molecule has 146 valence electrons. The van der Waals surface area contributed by atoms with E-state index in [4.69, 9.17) is 5.10 Å². The van der Waals surface area contributed by atoms with Gasteiger partial charge in [-0.2, -0.15) is 18.3 Å². The van der Waals surface area contributed by atoms with Gasteiger partial charge in [0.1, 0.15) is 5.69 Å². The second-order valence-electron chi connectivity index (χ2n) is 7.25. The number of hydrogen-bond acceptors (Lipinski definition) is 3. The predicted octanol–water partition coefficient (Wildman–Crippen LogP) is 5.43. The van der Waals surface area contributed by atoms with E-state index in [1.54, 1.807) is 6.20 Å². The van der Waals surface area contributed by atoms with Gasteiger partial charge in [0.2, 0.25) is 0 Å². The molecule has 0 saturated heterocycles. The standard InChI is InChI=1S/C22H17F3N4/c1-13-4-2-5-17(27-13)21-20(19-6-3-11-29(19)28-21)16-9-10-26-18-12-14(22(23,24)25)7-8-15(16)18/h2,4-5,7-10,12H,3,6,11H2,1H3. The van der Waals surface area contributed by atoms with Crippen molar-refractivity contribution in [1.82, 2.24) is 19.7 Å². The number of hydrogen-bond donors (Lipinski definition) is 0. The first kappa shape index (κ1) is 17.8. The van der Waals surface area contributed by atoms with Crippen LogP contribution in [0.1, 0.15) is 23.4 Å². The summed E-state index contributed by atoms with van der Waals surface area (Å²) in [5, 5.41) is 5.47. The number of benzene rings is 1. The van der Waals surface area contributed by atoms with Crippen molar-refractivity contribution in [3.8, 4) is 22.5 Å². The minimum absolute atomic E-state index is 0.318. The van der Waals surface area contributed by atoms with Crippen LogP contribution >= 0.6 is 0 Å². The molecule has 0 atom stereocenters. The van der Waals surface area contributed by atoms with Gasteiger partial charge in [-0.25, -0.2) is 0 Å². The summed E-state index contributed by atoms with van der Waals surface area (Å²) in [6.45, 7) is 2.75. The molecule has 5 rings (SSSR count). The molecule has 4 heterocycles. The molecule has 0 amide bonds. The first-order valence-electron chi connectivity index (χ1n) is 9.42. The largest absolute Gasteiger partial charge is 0.416 e. The molecule has 0 N–H and O–H groups in total. The van der Waals surface area contributed by atoms with Gasteiger partial charge in [0.15, 0.2) is 0 Å². The molecule has 1 aliphatic rings. The molecule has 1 aromatic carbocycles. The van der Waals surface area contributed by atoms with Crippen molar-refractivity contribution >= 4 is 10.9 Å². The van der Waals surface area contributed by atoms with Crippen molar-refractivity contribution in [2.45, 2.75) is 32.5 Å². The molecule has 1 aliphatic heterocycles. The molecular weight excluding hydrogens is 377 g/mol. The Morgan fingerprint density at radius 1 is 1.07 bits per heavy atom. The molecule has 0 fully saturated rings. The molecule has 0 spiro atoms. The van der Waals surface area contributed by atoms with Gasteiger partial charge >= 0.3 is 6.18 Å². The zero-order valence-electron chi connectivity index (χ0n) is 15.7. The zero-order chi connectivity index (χ0) is 20.2. The van der Waals surface area contributed by atoms with Gasteiger partial charge in [0.05, 0.1) is 16.8 Å². The predicted molar refractivity (Wildman–Crippen MR) is 104 cm³/mol. The monoisotopic (exact) mass is 394 g/mol. The Bertz CT molecular complexity index is 1240. The van der Waals surface area contributed by atoms with Gasteiger partial charge in [0.25, 0.3) is 0 Å². The van der Waals surface area contributed by atoms with Crippen LogP contribution in [0.25, 0.3) is 33.4 Å². The van der Waals surface area contributed by atoms with Crippen LogP contribution in [-0.2, 0) is 19.1 Å². The molecule has 29 heavy (non-hydrogen) atoms. The quantitative estimate of drug-likeness (QED) is 0.455. The number of aromatic nitrogens is 4. The van der Waals surface area contributed by atoms with Crippen LogP contribution in [0.2, 0.25) is 0 Å². The smallest absolute Gasteiger partial charge is 0.268 e. The lowest BCUT2D eigenvalue weighted by Crippen LogP contribution is -2.04. The Balaban J connectivity index is 1.77. The van der Waals surface area contributed by atoms with Gasteiger partial charge < -0.3 is 0 Å². The van der Waals surface area contributed by atoms with E-state index in [-0.39, 0.29) is 0 Å². The maximum Gasteiger partial charge on any atom is 0.416 e. The number of pyridine rings is 2. The van der Waals surface area contributed by atoms with Gasteiger partial charge in [-0.3, -0.25) is 14.6 Å². The Morgan fingerprint density at radius 2 is 1.93 bits per heavy atom. The summed E-state index contributed by atoms with van der Waals surface area (Å²) in [5.74, 6) is 0. The van der Waals surface area contributed by atoms with Crippen LogP contribution in [0, 0.1) is 6.92 Å². The van der Waals surface area contributed by atoms with Crippen molar-refractivity contribution in [1.29, 1.82) is 0 Å². The molecular formula is C22H17F3N4. The lowest BCUT2D eigenvalue weighted by Gasteiger charge is -2.11. The van der Waals surface area contributed by atoms with Gasteiger partial charge in [0, 0.05) is 35.1 Å². The highest BCUT2D eigenvalue weighted by Crippen LogP contribution is 2.40. The van der Waals surface area contributed by atoms with E-state index in [1.807, 2.05) is 35.9 Å². The molecule has 4 nitrogen and oxygen atoms in total. The normalized spacial score (nSPS) is 13.8. The average Bonchev–Trinajstić information content (AvgIpc) is 3.27. The first-order valence-corrected chi connectivity index (χ1v) is 9.42. The number of nitrogens with zero attached hydrogens (tertiary/aromatic N) is 4. The molecule has 0 radical (unpaired) electrons. The number of alkyl halides is 3. The van der Waals surface area contributed by atoms with E-state index in [9.17, 15) is 13.2 Å². The van der Waals surface area contributed by atoms with E-state index in [2.05, 4.69) is 9.97 Å². The highest BCUT2D eigenvalue weighted by Gasteiger charge is 2.31. The van der Waals surface area contributed by atoms with Crippen molar-refractivity contribution in [3.63, 3.8) is 0 Å². The van der Waals surface area contributed by atoms with Crippen molar-refractivity contribution < 1.29 is 13.2 Å². The van der Waals surface area contributed by atoms with E-state index < -0.39 is 11.7 Å². The fourth-order valence-corrected chi connectivity index (χ4v) is 4.01. The van der Waals surface area contributed by atoms with E-state index in [0.717, 1.165) is 65.4 Å². The van der Waals surface area contributed by atoms with Crippen LogP contribution in [-0.4, -0.2) is 19.7 Å². The molecule has 0 aliphatic carbocycles. The Morgan fingerprint density at radius 3 is 2.72 bits per heavy atom. The maximum atomic E-state index is 13.1. The molecule has 0 saturated carbocycles. The van der Waals surface area contributed by atoms with Crippen LogP contribution in [0.4, 0.5) is 13.2 Å². The number of aryl methyl sites for hydroxylation is 2. The summed E-state index contributed by atoms with van der Waals surface area (Å²) in [7, 11) is 0. The fraction of sp³-hybridized carbons (Fsp3) is 0.227. The van der Waals surface area contributed by atoms with E-state index in [1.165, 1.54) is 6.07 Å². The number of fused-ring (bicyclic) bond motifs is 2. The van der Waals surface area contributed by atoms with Crippen molar-refractivity contribution in [3.05, 3.63) is 65.6 Å². The molecule has 3 aromatic heterocycles. The average molecular weight is 394 g/mol. The lowest BCUT2D eigenvalue weighted by molar-refractivity contribution is -0.137. The summed E-state index contributed by atoms with van der Waals surface area (Å²) in [6, 6.07) is 11.4. The molecule has 4 aromatic rings. The summed E-state index contributed by atoms with van der Waals surface area (Å²) in [4.78, 5) is 8.82. The Kier molecular flexibility index (Phi) is 3.94. The number of halogens is 3. The van der Waals surface area contributed by atoms with Crippen LogP contribution < -0.4 is 0 Å². The van der Waals surface area contributed by atoms with Crippen LogP contribution in [0.15, 0.2) is 48.7 Å². The van der Waals surface area contributed by atoms with Crippen molar-refractivity contribution in [2.24, 2.45) is 0 Å².